The minimum atomic E-state index is 0.174. The number of aromatic nitrogens is 4. The second-order valence-electron chi connectivity index (χ2n) is 3.65. The SMILES string of the molecule is Nc1nc2nonc2nc1N/N=C/c1ccccc1. The zero-order chi connectivity index (χ0) is 13.1. The Morgan fingerprint density at radius 2 is 1.84 bits per heavy atom. The zero-order valence-electron chi connectivity index (χ0n) is 9.69. The summed E-state index contributed by atoms with van der Waals surface area (Å²) in [6.07, 6.45) is 1.65. The molecule has 2 aromatic heterocycles. The number of nitrogens with one attached hydrogen (secondary N) is 1. The first-order valence-corrected chi connectivity index (χ1v) is 5.43. The summed E-state index contributed by atoms with van der Waals surface area (Å²) in [6, 6.07) is 9.61. The van der Waals surface area contributed by atoms with Crippen LogP contribution in [-0.2, 0) is 0 Å². The third kappa shape index (κ3) is 2.32. The molecular weight excluding hydrogens is 246 g/mol. The van der Waals surface area contributed by atoms with Crippen molar-refractivity contribution >= 4 is 29.1 Å². The van der Waals surface area contributed by atoms with E-state index in [0.717, 1.165) is 5.56 Å². The number of hydrogen-bond donors (Lipinski definition) is 2. The highest BCUT2D eigenvalue weighted by Crippen LogP contribution is 2.15. The van der Waals surface area contributed by atoms with Crippen molar-refractivity contribution in [2.45, 2.75) is 0 Å². The second kappa shape index (κ2) is 4.69. The third-order valence-electron chi connectivity index (χ3n) is 2.32. The lowest BCUT2D eigenvalue weighted by Crippen LogP contribution is -2.02. The Bertz CT molecular complexity index is 722. The van der Waals surface area contributed by atoms with E-state index < -0.39 is 0 Å². The van der Waals surface area contributed by atoms with Crippen LogP contribution in [0.3, 0.4) is 0 Å². The van der Waals surface area contributed by atoms with E-state index in [1.807, 2.05) is 30.3 Å². The van der Waals surface area contributed by atoms with Gasteiger partial charge in [-0.2, -0.15) is 10.1 Å². The van der Waals surface area contributed by atoms with Gasteiger partial charge in [-0.15, -0.1) is 0 Å². The summed E-state index contributed by atoms with van der Waals surface area (Å²) in [6.45, 7) is 0. The van der Waals surface area contributed by atoms with Gasteiger partial charge >= 0.3 is 0 Å². The molecule has 8 heteroatoms. The third-order valence-corrected chi connectivity index (χ3v) is 2.32. The van der Waals surface area contributed by atoms with Crippen LogP contribution in [0.15, 0.2) is 40.1 Å². The number of benzene rings is 1. The number of hydrazone groups is 1. The Morgan fingerprint density at radius 3 is 2.63 bits per heavy atom. The Morgan fingerprint density at radius 1 is 1.11 bits per heavy atom. The van der Waals surface area contributed by atoms with Crippen molar-refractivity contribution in [3.63, 3.8) is 0 Å². The summed E-state index contributed by atoms with van der Waals surface area (Å²) >= 11 is 0. The summed E-state index contributed by atoms with van der Waals surface area (Å²) in [5, 5.41) is 11.1. The van der Waals surface area contributed by atoms with Gasteiger partial charge in [0.25, 0.3) is 0 Å². The van der Waals surface area contributed by atoms with Gasteiger partial charge < -0.3 is 5.73 Å². The molecule has 0 fully saturated rings. The average Bonchev–Trinajstić information content (AvgIpc) is 2.87. The van der Waals surface area contributed by atoms with Gasteiger partial charge in [-0.1, -0.05) is 30.3 Å². The van der Waals surface area contributed by atoms with Crippen LogP contribution in [0.5, 0.6) is 0 Å². The van der Waals surface area contributed by atoms with Gasteiger partial charge in [0.05, 0.1) is 6.21 Å². The Labute approximate surface area is 107 Å². The van der Waals surface area contributed by atoms with Crippen LogP contribution in [0, 0.1) is 0 Å². The van der Waals surface area contributed by atoms with Crippen molar-refractivity contribution in [1.82, 2.24) is 20.3 Å². The van der Waals surface area contributed by atoms with E-state index in [4.69, 9.17) is 5.73 Å². The summed E-state index contributed by atoms with van der Waals surface area (Å²) in [5.74, 6) is 0.476. The predicted molar refractivity (Wildman–Crippen MR) is 69.5 cm³/mol. The molecule has 94 valence electrons. The van der Waals surface area contributed by atoms with Gasteiger partial charge in [0.1, 0.15) is 0 Å². The lowest BCUT2D eigenvalue weighted by molar-refractivity contribution is 0.314. The minimum absolute atomic E-state index is 0.174. The van der Waals surface area contributed by atoms with Crippen molar-refractivity contribution in [2.75, 3.05) is 11.2 Å². The number of nitrogen functional groups attached to an aromatic ring is 1. The summed E-state index contributed by atoms with van der Waals surface area (Å²) in [7, 11) is 0. The predicted octanol–water partition coefficient (Wildman–Crippen LogP) is 1.04. The van der Waals surface area contributed by atoms with Crippen LogP contribution in [-0.4, -0.2) is 26.5 Å². The van der Waals surface area contributed by atoms with Crippen LogP contribution in [0.2, 0.25) is 0 Å². The first kappa shape index (κ1) is 11.1. The van der Waals surface area contributed by atoms with E-state index in [-0.39, 0.29) is 17.1 Å². The van der Waals surface area contributed by atoms with Gasteiger partial charge in [-0.25, -0.2) is 9.61 Å². The molecule has 0 unspecified atom stereocenters. The molecule has 3 aromatic rings. The Kier molecular flexibility index (Phi) is 2.73. The normalized spacial score (nSPS) is 11.2. The molecule has 0 atom stereocenters. The van der Waals surface area contributed by atoms with E-state index >= 15 is 0 Å². The van der Waals surface area contributed by atoms with Crippen molar-refractivity contribution in [2.24, 2.45) is 5.10 Å². The van der Waals surface area contributed by atoms with Crippen molar-refractivity contribution in [3.05, 3.63) is 35.9 Å². The molecule has 8 nitrogen and oxygen atoms in total. The standard InChI is InChI=1S/C11H9N7O/c12-8-9(15-11-10(14-8)17-19-18-11)16-13-6-7-4-2-1-3-5-7/h1-6H,(H2,12,14,17)(H,15,16,18)/b13-6+. The average molecular weight is 255 g/mol. The molecule has 0 saturated carbocycles. The van der Waals surface area contributed by atoms with Crippen molar-refractivity contribution in [3.8, 4) is 0 Å². The summed E-state index contributed by atoms with van der Waals surface area (Å²) in [4.78, 5) is 8.06. The monoisotopic (exact) mass is 255 g/mol. The highest BCUT2D eigenvalue weighted by atomic mass is 16.6. The largest absolute Gasteiger partial charge is 0.380 e. The molecule has 3 rings (SSSR count). The number of fused-ring (bicyclic) bond motifs is 1. The van der Waals surface area contributed by atoms with Crippen LogP contribution in [0.1, 0.15) is 5.56 Å². The highest BCUT2D eigenvalue weighted by molar-refractivity contribution is 5.80. The molecule has 0 amide bonds. The fourth-order valence-corrected chi connectivity index (χ4v) is 1.44. The second-order valence-corrected chi connectivity index (χ2v) is 3.65. The molecule has 3 N–H and O–H groups in total. The van der Waals surface area contributed by atoms with Crippen LogP contribution in [0.25, 0.3) is 11.3 Å². The molecule has 0 aliphatic heterocycles. The Hall–Kier alpha value is -3.03. The van der Waals surface area contributed by atoms with E-state index in [1.165, 1.54) is 0 Å². The summed E-state index contributed by atoms with van der Waals surface area (Å²) < 4.78 is 4.50. The van der Waals surface area contributed by atoms with Gasteiger partial charge in [-0.05, 0) is 15.9 Å². The first-order valence-electron chi connectivity index (χ1n) is 5.43. The van der Waals surface area contributed by atoms with Crippen LogP contribution >= 0.6 is 0 Å². The lowest BCUT2D eigenvalue weighted by Gasteiger charge is -2.00. The van der Waals surface area contributed by atoms with E-state index in [0.29, 0.717) is 5.82 Å². The van der Waals surface area contributed by atoms with Crippen LogP contribution in [0.4, 0.5) is 11.6 Å². The van der Waals surface area contributed by atoms with E-state index in [2.05, 4.69) is 35.4 Å². The van der Waals surface area contributed by atoms with E-state index in [9.17, 15) is 0 Å². The Balaban J connectivity index is 1.81. The molecule has 0 bridgehead atoms. The van der Waals surface area contributed by atoms with Gasteiger partial charge in [0.2, 0.25) is 11.3 Å². The van der Waals surface area contributed by atoms with E-state index in [1.54, 1.807) is 6.21 Å². The smallest absolute Gasteiger partial charge is 0.245 e. The molecular formula is C11H9N7O. The fraction of sp³-hybridized carbons (Fsp3) is 0. The topological polar surface area (TPSA) is 115 Å². The molecule has 0 radical (unpaired) electrons. The van der Waals surface area contributed by atoms with Crippen molar-refractivity contribution in [1.29, 1.82) is 0 Å². The maximum atomic E-state index is 5.71. The molecule has 0 spiro atoms. The first-order chi connectivity index (χ1) is 9.33. The van der Waals surface area contributed by atoms with Gasteiger partial charge in [-0.3, -0.25) is 5.43 Å². The highest BCUT2D eigenvalue weighted by Gasteiger charge is 2.08. The van der Waals surface area contributed by atoms with Gasteiger partial charge in [0, 0.05) is 0 Å². The molecule has 2 heterocycles. The quantitative estimate of drug-likeness (QED) is 0.530. The maximum Gasteiger partial charge on any atom is 0.245 e. The molecule has 0 saturated heterocycles. The van der Waals surface area contributed by atoms with Crippen LogP contribution < -0.4 is 11.2 Å². The number of anilines is 2. The zero-order valence-corrected chi connectivity index (χ0v) is 9.69. The number of nitrogens with two attached hydrogens (primary N) is 1. The minimum Gasteiger partial charge on any atom is -0.380 e. The maximum absolute atomic E-state index is 5.71. The van der Waals surface area contributed by atoms with Gasteiger partial charge in [0.15, 0.2) is 11.6 Å². The fourth-order valence-electron chi connectivity index (χ4n) is 1.44. The molecule has 19 heavy (non-hydrogen) atoms. The molecule has 1 aromatic carbocycles. The number of hydrogen-bond acceptors (Lipinski definition) is 8. The molecule has 0 aliphatic rings. The number of nitrogens with zero attached hydrogens (tertiary/aromatic N) is 5. The van der Waals surface area contributed by atoms with Crippen molar-refractivity contribution < 1.29 is 4.63 Å². The number of rotatable bonds is 3. The lowest BCUT2D eigenvalue weighted by atomic mass is 10.2. The molecule has 0 aliphatic carbocycles. The summed E-state index contributed by atoms with van der Waals surface area (Å²) in [5.41, 5.74) is 9.89.